The number of aromatic nitrogens is 3. The molecule has 15 heavy (non-hydrogen) atoms. The standard InChI is InChI=1S/C10H11N3O2/c1-6-4-8(7(2)15-6)10(14)9-5-11-12-13(9)3/h4-5H,1-3H3. The Labute approximate surface area is 86.7 Å². The molecule has 0 radical (unpaired) electrons. The summed E-state index contributed by atoms with van der Waals surface area (Å²) in [5.74, 6) is 1.24. The maximum atomic E-state index is 12.0. The summed E-state index contributed by atoms with van der Waals surface area (Å²) in [6, 6.07) is 1.73. The van der Waals surface area contributed by atoms with Crippen molar-refractivity contribution in [3.63, 3.8) is 0 Å². The van der Waals surface area contributed by atoms with E-state index >= 15 is 0 Å². The Hall–Kier alpha value is -1.91. The molecule has 78 valence electrons. The molecule has 0 fully saturated rings. The Morgan fingerprint density at radius 3 is 2.67 bits per heavy atom. The summed E-state index contributed by atoms with van der Waals surface area (Å²) >= 11 is 0. The number of rotatable bonds is 2. The molecule has 0 aromatic carbocycles. The molecule has 0 aliphatic heterocycles. The lowest BCUT2D eigenvalue weighted by Crippen LogP contribution is -2.08. The number of hydrogen-bond donors (Lipinski definition) is 0. The van der Waals surface area contributed by atoms with Crippen molar-refractivity contribution in [3.8, 4) is 0 Å². The molecule has 0 aliphatic carbocycles. The van der Waals surface area contributed by atoms with E-state index in [2.05, 4.69) is 10.3 Å². The zero-order valence-corrected chi connectivity index (χ0v) is 8.81. The number of ketones is 1. The van der Waals surface area contributed by atoms with E-state index in [0.29, 0.717) is 17.0 Å². The van der Waals surface area contributed by atoms with Crippen LogP contribution in [0.5, 0.6) is 0 Å². The van der Waals surface area contributed by atoms with Gasteiger partial charge in [-0.25, -0.2) is 4.68 Å². The van der Waals surface area contributed by atoms with Gasteiger partial charge in [-0.05, 0) is 19.9 Å². The number of nitrogens with zero attached hydrogens (tertiary/aromatic N) is 3. The van der Waals surface area contributed by atoms with Crippen LogP contribution in [-0.2, 0) is 7.05 Å². The Bertz CT molecular complexity index is 510. The molecule has 0 amide bonds. The van der Waals surface area contributed by atoms with Crippen LogP contribution in [0.1, 0.15) is 27.6 Å². The van der Waals surface area contributed by atoms with Crippen LogP contribution < -0.4 is 0 Å². The third kappa shape index (κ3) is 1.56. The van der Waals surface area contributed by atoms with Crippen molar-refractivity contribution >= 4 is 5.78 Å². The second kappa shape index (κ2) is 3.34. The largest absolute Gasteiger partial charge is 0.466 e. The van der Waals surface area contributed by atoms with E-state index in [1.165, 1.54) is 10.9 Å². The molecule has 2 aromatic rings. The van der Waals surface area contributed by atoms with Gasteiger partial charge in [0.2, 0.25) is 5.78 Å². The fourth-order valence-corrected chi connectivity index (χ4v) is 1.49. The molecule has 0 unspecified atom stereocenters. The molecular weight excluding hydrogens is 194 g/mol. The molecule has 2 heterocycles. The van der Waals surface area contributed by atoms with Gasteiger partial charge in [0.1, 0.15) is 17.2 Å². The van der Waals surface area contributed by atoms with E-state index in [9.17, 15) is 4.79 Å². The van der Waals surface area contributed by atoms with Gasteiger partial charge in [0.25, 0.3) is 0 Å². The summed E-state index contributed by atoms with van der Waals surface area (Å²) in [6.07, 6.45) is 1.45. The lowest BCUT2D eigenvalue weighted by atomic mass is 10.1. The molecule has 0 atom stereocenters. The highest BCUT2D eigenvalue weighted by Crippen LogP contribution is 2.17. The first-order chi connectivity index (χ1) is 7.09. The molecular formula is C10H11N3O2. The molecule has 5 nitrogen and oxygen atoms in total. The van der Waals surface area contributed by atoms with Crippen LogP contribution in [0.25, 0.3) is 0 Å². The molecule has 0 aliphatic rings. The summed E-state index contributed by atoms with van der Waals surface area (Å²) < 4.78 is 6.75. The molecule has 0 N–H and O–H groups in total. The van der Waals surface area contributed by atoms with Gasteiger partial charge in [-0.15, -0.1) is 5.10 Å². The second-order valence-electron chi connectivity index (χ2n) is 3.40. The van der Waals surface area contributed by atoms with E-state index in [-0.39, 0.29) is 5.78 Å². The Morgan fingerprint density at radius 1 is 1.47 bits per heavy atom. The van der Waals surface area contributed by atoms with E-state index in [4.69, 9.17) is 4.42 Å². The average molecular weight is 205 g/mol. The van der Waals surface area contributed by atoms with E-state index in [1.54, 1.807) is 20.0 Å². The molecule has 0 saturated carbocycles. The van der Waals surface area contributed by atoms with Crippen molar-refractivity contribution < 1.29 is 9.21 Å². The summed E-state index contributed by atoms with van der Waals surface area (Å²) in [7, 11) is 1.68. The summed E-state index contributed by atoms with van der Waals surface area (Å²) in [5.41, 5.74) is 1.02. The third-order valence-corrected chi connectivity index (χ3v) is 2.23. The van der Waals surface area contributed by atoms with Gasteiger partial charge >= 0.3 is 0 Å². The van der Waals surface area contributed by atoms with E-state index in [1.807, 2.05) is 6.92 Å². The summed E-state index contributed by atoms with van der Waals surface area (Å²) in [6.45, 7) is 3.58. The summed E-state index contributed by atoms with van der Waals surface area (Å²) in [4.78, 5) is 12.0. The first-order valence-corrected chi connectivity index (χ1v) is 4.56. The van der Waals surface area contributed by atoms with Gasteiger partial charge < -0.3 is 4.42 Å². The highest BCUT2D eigenvalue weighted by atomic mass is 16.3. The van der Waals surface area contributed by atoms with Crippen molar-refractivity contribution in [1.29, 1.82) is 0 Å². The fourth-order valence-electron chi connectivity index (χ4n) is 1.49. The Morgan fingerprint density at radius 2 is 2.20 bits per heavy atom. The van der Waals surface area contributed by atoms with Gasteiger partial charge in [0, 0.05) is 7.05 Å². The SMILES string of the molecule is Cc1cc(C(=O)c2cnnn2C)c(C)o1. The van der Waals surface area contributed by atoms with Crippen molar-refractivity contribution in [1.82, 2.24) is 15.0 Å². The third-order valence-electron chi connectivity index (χ3n) is 2.23. The van der Waals surface area contributed by atoms with Crippen LogP contribution in [0.15, 0.2) is 16.7 Å². The molecule has 2 rings (SSSR count). The number of aryl methyl sites for hydroxylation is 3. The minimum atomic E-state index is -0.114. The van der Waals surface area contributed by atoms with Crippen LogP contribution in [0.3, 0.4) is 0 Å². The van der Waals surface area contributed by atoms with E-state index in [0.717, 1.165) is 5.76 Å². The van der Waals surface area contributed by atoms with Crippen LogP contribution >= 0.6 is 0 Å². The van der Waals surface area contributed by atoms with Crippen LogP contribution in [-0.4, -0.2) is 20.8 Å². The van der Waals surface area contributed by atoms with Crippen LogP contribution in [0, 0.1) is 13.8 Å². The minimum absolute atomic E-state index is 0.114. The quantitative estimate of drug-likeness (QED) is 0.692. The lowest BCUT2D eigenvalue weighted by Gasteiger charge is -1.97. The highest BCUT2D eigenvalue weighted by molar-refractivity contribution is 6.08. The predicted octanol–water partition coefficient (Wildman–Crippen LogP) is 1.26. The van der Waals surface area contributed by atoms with Crippen molar-refractivity contribution in [2.45, 2.75) is 13.8 Å². The fraction of sp³-hybridized carbons (Fsp3) is 0.300. The summed E-state index contributed by atoms with van der Waals surface area (Å²) in [5, 5.41) is 7.38. The Balaban J connectivity index is 2.45. The van der Waals surface area contributed by atoms with Gasteiger partial charge in [-0.2, -0.15) is 0 Å². The van der Waals surface area contributed by atoms with Crippen LogP contribution in [0.4, 0.5) is 0 Å². The van der Waals surface area contributed by atoms with Crippen molar-refractivity contribution in [2.24, 2.45) is 7.05 Å². The molecule has 0 saturated heterocycles. The second-order valence-corrected chi connectivity index (χ2v) is 3.40. The van der Waals surface area contributed by atoms with E-state index < -0.39 is 0 Å². The van der Waals surface area contributed by atoms with Gasteiger partial charge in [-0.3, -0.25) is 4.79 Å². The molecule has 5 heteroatoms. The smallest absolute Gasteiger partial charge is 0.216 e. The first kappa shape index (κ1) is 9.64. The topological polar surface area (TPSA) is 60.9 Å². The van der Waals surface area contributed by atoms with Gasteiger partial charge in [0.05, 0.1) is 11.8 Å². The molecule has 0 bridgehead atoms. The highest BCUT2D eigenvalue weighted by Gasteiger charge is 2.18. The molecule has 0 spiro atoms. The number of hydrogen-bond acceptors (Lipinski definition) is 4. The van der Waals surface area contributed by atoms with Gasteiger partial charge in [0.15, 0.2) is 0 Å². The number of carbonyl (C=O) groups excluding carboxylic acids is 1. The number of carbonyl (C=O) groups is 1. The molecule has 2 aromatic heterocycles. The predicted molar refractivity (Wildman–Crippen MR) is 52.6 cm³/mol. The van der Waals surface area contributed by atoms with Crippen molar-refractivity contribution in [2.75, 3.05) is 0 Å². The first-order valence-electron chi connectivity index (χ1n) is 4.56. The zero-order valence-electron chi connectivity index (χ0n) is 8.81. The maximum absolute atomic E-state index is 12.0. The van der Waals surface area contributed by atoms with Crippen molar-refractivity contribution in [3.05, 3.63) is 35.0 Å². The lowest BCUT2D eigenvalue weighted by molar-refractivity contribution is 0.102. The Kier molecular flexibility index (Phi) is 2.15. The number of furan rings is 1. The monoisotopic (exact) mass is 205 g/mol. The zero-order chi connectivity index (χ0) is 11.0. The normalized spacial score (nSPS) is 10.6. The van der Waals surface area contributed by atoms with Crippen LogP contribution in [0.2, 0.25) is 0 Å². The maximum Gasteiger partial charge on any atom is 0.216 e. The average Bonchev–Trinajstić information content (AvgIpc) is 2.71. The van der Waals surface area contributed by atoms with Gasteiger partial charge in [-0.1, -0.05) is 5.21 Å². The minimum Gasteiger partial charge on any atom is -0.466 e.